The van der Waals surface area contributed by atoms with Crippen molar-refractivity contribution in [3.05, 3.63) is 241 Å². The van der Waals surface area contributed by atoms with Gasteiger partial charge in [-0.15, -0.1) is 22.7 Å². The average Bonchev–Trinajstić information content (AvgIpc) is 4.23. The van der Waals surface area contributed by atoms with Crippen molar-refractivity contribution in [3.63, 3.8) is 0 Å². The van der Waals surface area contributed by atoms with E-state index in [1.807, 2.05) is 22.7 Å². The van der Waals surface area contributed by atoms with Crippen LogP contribution in [0.15, 0.2) is 224 Å². The molecule has 0 saturated heterocycles. The Morgan fingerprint density at radius 2 is 0.763 bits per heavy atom. The van der Waals surface area contributed by atoms with E-state index in [0.29, 0.717) is 5.92 Å². The van der Waals surface area contributed by atoms with Crippen LogP contribution >= 0.6 is 22.7 Å². The number of hydrogen-bond donors (Lipinski definition) is 0. The summed E-state index contributed by atoms with van der Waals surface area (Å²) in [4.78, 5) is 4.87. The molecular formula is C70H52N4S2. The maximum Gasteiger partial charge on any atom is 0.0542 e. The zero-order chi connectivity index (χ0) is 50.8. The minimum Gasteiger partial charge on any atom is -0.310 e. The van der Waals surface area contributed by atoms with Crippen LogP contribution in [-0.4, -0.2) is 9.13 Å². The van der Waals surface area contributed by atoms with Crippen LogP contribution in [0.25, 0.3) is 95.3 Å². The van der Waals surface area contributed by atoms with Crippen LogP contribution in [0.4, 0.5) is 34.1 Å². The highest BCUT2D eigenvalue weighted by atomic mass is 32.1. The first-order valence-electron chi connectivity index (χ1n) is 26.4. The number of thiophene rings is 2. The van der Waals surface area contributed by atoms with Gasteiger partial charge in [0.25, 0.3) is 0 Å². The van der Waals surface area contributed by atoms with E-state index >= 15 is 0 Å². The molecule has 15 rings (SSSR count). The fourth-order valence-electron chi connectivity index (χ4n) is 11.9. The van der Waals surface area contributed by atoms with Crippen molar-refractivity contribution in [1.29, 1.82) is 0 Å². The van der Waals surface area contributed by atoms with E-state index in [4.69, 9.17) is 0 Å². The van der Waals surface area contributed by atoms with Crippen molar-refractivity contribution < 1.29 is 0 Å². The molecule has 4 heterocycles. The smallest absolute Gasteiger partial charge is 0.0542 e. The maximum absolute atomic E-state index is 2.46. The lowest BCUT2D eigenvalue weighted by atomic mass is 10.0. The third-order valence-electron chi connectivity index (χ3n) is 15.8. The number of hydrogen-bond acceptors (Lipinski definition) is 4. The van der Waals surface area contributed by atoms with Gasteiger partial charge in [-0.1, -0.05) is 109 Å². The third-order valence-corrected chi connectivity index (χ3v) is 18.1. The van der Waals surface area contributed by atoms with E-state index < -0.39 is 0 Å². The average molecular weight is 1010 g/mol. The minimum atomic E-state index is 0.551. The van der Waals surface area contributed by atoms with E-state index in [1.165, 1.54) is 112 Å². The number of allylic oxidation sites excluding steroid dienone is 4. The summed E-state index contributed by atoms with van der Waals surface area (Å²) in [6.07, 6.45) is 8.07. The molecule has 0 saturated carbocycles. The molecular weight excluding hydrogens is 961 g/mol. The second kappa shape index (κ2) is 17.5. The predicted molar refractivity (Wildman–Crippen MR) is 330 cm³/mol. The standard InChI is InChI=1S/C70H52N4S2/c1-43-13-21-47(22-14-43)71(51-29-33-65-57(37-51)55-9-5-7-11-63(55)73(65)49-25-17-45(3)18-26-49)53-31-35-67-59(39-53)61-41-70-62(42-69(61)75-67)60-40-54(32-36-68(60)76-70)72(48-23-15-44(2)16-24-48)52-30-34-66-58(38-52)56-10-6-8-12-64(56)74(66)50-27-19-46(4)20-28-50/h5-19,21-42,46H,20H2,1-4H3. The fourth-order valence-corrected chi connectivity index (χ4v) is 14.1. The lowest BCUT2D eigenvalue weighted by Crippen LogP contribution is -2.10. The molecule has 0 spiro atoms. The normalized spacial score (nSPS) is 13.9. The van der Waals surface area contributed by atoms with Gasteiger partial charge in [0.2, 0.25) is 0 Å². The molecule has 1 aliphatic rings. The van der Waals surface area contributed by atoms with Crippen LogP contribution in [0.2, 0.25) is 0 Å². The summed E-state index contributed by atoms with van der Waals surface area (Å²) in [5, 5.41) is 10.1. The Kier molecular flexibility index (Phi) is 10.3. The molecule has 0 bridgehead atoms. The van der Waals surface area contributed by atoms with Gasteiger partial charge in [0, 0.05) is 107 Å². The van der Waals surface area contributed by atoms with Gasteiger partial charge < -0.3 is 18.9 Å². The van der Waals surface area contributed by atoms with Crippen LogP contribution in [0.1, 0.15) is 30.0 Å². The van der Waals surface area contributed by atoms with Crippen molar-refractivity contribution in [3.8, 4) is 5.69 Å². The van der Waals surface area contributed by atoms with E-state index in [2.05, 4.69) is 271 Å². The van der Waals surface area contributed by atoms with Crippen LogP contribution in [-0.2, 0) is 0 Å². The van der Waals surface area contributed by atoms with Gasteiger partial charge in [0.15, 0.2) is 0 Å². The largest absolute Gasteiger partial charge is 0.310 e. The van der Waals surface area contributed by atoms with E-state index in [0.717, 1.165) is 40.5 Å². The van der Waals surface area contributed by atoms with Crippen molar-refractivity contribution in [2.24, 2.45) is 5.92 Å². The number of aromatic nitrogens is 2. The maximum atomic E-state index is 2.46. The second-order valence-corrected chi connectivity index (χ2v) is 23.1. The van der Waals surface area contributed by atoms with Gasteiger partial charge in [-0.05, 0) is 173 Å². The van der Waals surface area contributed by atoms with Gasteiger partial charge in [0.1, 0.15) is 0 Å². The molecule has 1 aliphatic carbocycles. The first-order chi connectivity index (χ1) is 37.3. The van der Waals surface area contributed by atoms with Crippen LogP contribution in [0.3, 0.4) is 0 Å². The highest BCUT2D eigenvalue weighted by Gasteiger charge is 2.22. The molecule has 0 radical (unpaired) electrons. The Balaban J connectivity index is 0.851. The fraction of sp³-hybridized carbons (Fsp3) is 0.0857. The van der Waals surface area contributed by atoms with Crippen molar-refractivity contribution in [2.45, 2.75) is 34.1 Å². The highest BCUT2D eigenvalue weighted by molar-refractivity contribution is 7.27. The second-order valence-electron chi connectivity index (χ2n) is 20.9. The number of rotatable bonds is 8. The third kappa shape index (κ3) is 7.23. The Labute approximate surface area is 449 Å². The zero-order valence-electron chi connectivity index (χ0n) is 42.8. The number of nitrogens with zero attached hydrogens (tertiary/aromatic N) is 4. The first-order valence-corrected chi connectivity index (χ1v) is 28.0. The monoisotopic (exact) mass is 1010 g/mol. The quantitative estimate of drug-likeness (QED) is 0.151. The number of fused-ring (bicyclic) bond motifs is 12. The molecule has 0 aliphatic heterocycles. The molecule has 0 amide bonds. The van der Waals surface area contributed by atoms with Gasteiger partial charge in [-0.3, -0.25) is 0 Å². The summed E-state index contributed by atoms with van der Waals surface area (Å²) in [6, 6.07) is 77.5. The Bertz CT molecular complexity index is 4710. The number of aryl methyl sites for hydroxylation is 3. The minimum absolute atomic E-state index is 0.551. The summed E-state index contributed by atoms with van der Waals surface area (Å²) in [5.74, 6) is 0.551. The number of benzene rings is 10. The molecule has 1 unspecified atom stereocenters. The molecule has 0 N–H and O–H groups in total. The summed E-state index contributed by atoms with van der Waals surface area (Å²) in [5.41, 5.74) is 17.8. The van der Waals surface area contributed by atoms with Gasteiger partial charge >= 0.3 is 0 Å². The van der Waals surface area contributed by atoms with Gasteiger partial charge in [0.05, 0.1) is 22.1 Å². The van der Waals surface area contributed by atoms with E-state index in [9.17, 15) is 0 Å². The summed E-state index contributed by atoms with van der Waals surface area (Å²) < 4.78 is 10.0. The Morgan fingerprint density at radius 3 is 1.25 bits per heavy atom. The summed E-state index contributed by atoms with van der Waals surface area (Å²) in [7, 11) is 0. The molecule has 14 aromatic rings. The predicted octanol–water partition coefficient (Wildman–Crippen LogP) is 20.9. The highest BCUT2D eigenvalue weighted by Crippen LogP contribution is 2.48. The van der Waals surface area contributed by atoms with Crippen LogP contribution in [0.5, 0.6) is 0 Å². The van der Waals surface area contributed by atoms with Crippen molar-refractivity contribution >= 4 is 146 Å². The van der Waals surface area contributed by atoms with Gasteiger partial charge in [-0.25, -0.2) is 0 Å². The summed E-state index contributed by atoms with van der Waals surface area (Å²) in [6.45, 7) is 8.76. The van der Waals surface area contributed by atoms with E-state index in [1.54, 1.807) is 0 Å². The molecule has 76 heavy (non-hydrogen) atoms. The molecule has 364 valence electrons. The molecule has 10 aromatic carbocycles. The molecule has 0 fully saturated rings. The van der Waals surface area contributed by atoms with Gasteiger partial charge in [-0.2, -0.15) is 0 Å². The van der Waals surface area contributed by atoms with Crippen LogP contribution in [0, 0.1) is 26.7 Å². The molecule has 6 heteroatoms. The topological polar surface area (TPSA) is 16.3 Å². The lowest BCUT2D eigenvalue weighted by Gasteiger charge is -2.26. The van der Waals surface area contributed by atoms with Crippen molar-refractivity contribution in [2.75, 3.05) is 9.80 Å². The Hall–Kier alpha value is -8.68. The first kappa shape index (κ1) is 44.8. The Morgan fingerprint density at radius 1 is 0.368 bits per heavy atom. The molecule has 4 aromatic heterocycles. The SMILES string of the molecule is Cc1ccc(N(c2ccc3sc4cc5c(cc4c3c2)sc2ccc(N(c3ccc(C)cc3)c3ccc4c(c3)c3ccccc3n4-c3ccc(C)cc3)cc25)c2ccc3c(c2)c2ccccc2n3C2=CCC(C)C=C2)cc1. The zero-order valence-corrected chi connectivity index (χ0v) is 44.4. The van der Waals surface area contributed by atoms with Crippen molar-refractivity contribution in [1.82, 2.24) is 9.13 Å². The molecule has 4 nitrogen and oxygen atoms in total. The number of para-hydroxylation sites is 2. The lowest BCUT2D eigenvalue weighted by molar-refractivity contribution is 0.735. The van der Waals surface area contributed by atoms with E-state index in [-0.39, 0.29) is 0 Å². The molecule has 1 atom stereocenters. The summed E-state index contributed by atoms with van der Waals surface area (Å²) >= 11 is 3.78. The van der Waals surface area contributed by atoms with Crippen LogP contribution < -0.4 is 9.80 Å². The number of anilines is 6.